The number of ether oxygens (including phenoxy) is 2. The Labute approximate surface area is 75.7 Å². The van der Waals surface area contributed by atoms with Crippen LogP contribution in [0.1, 0.15) is 6.42 Å². The summed E-state index contributed by atoms with van der Waals surface area (Å²) < 4.78 is 15.3. The van der Waals surface area contributed by atoms with E-state index in [-0.39, 0.29) is 0 Å². The fourth-order valence-electron chi connectivity index (χ4n) is 0.870. The second-order valence-electron chi connectivity index (χ2n) is 2.64. The largest absolute Gasteiger partial charge is 0.375 e. The number of methoxy groups -OCH3 is 2. The van der Waals surface area contributed by atoms with Gasteiger partial charge in [-0.25, -0.2) is 0 Å². The topological polar surface area (TPSA) is 53.7 Å². The molecule has 5 heteroatoms. The van der Waals surface area contributed by atoms with E-state index >= 15 is 0 Å². The Bertz CT molecular complexity index is 101. The minimum Gasteiger partial charge on any atom is -0.375 e. The van der Waals surface area contributed by atoms with Gasteiger partial charge in [0.1, 0.15) is 0 Å². The SMILES string of the molecule is COC(OC)O[SiH](C)CCCN. The van der Waals surface area contributed by atoms with Gasteiger partial charge in [-0.1, -0.05) is 0 Å². The molecule has 4 nitrogen and oxygen atoms in total. The fourth-order valence-corrected chi connectivity index (χ4v) is 2.42. The number of hydrogen-bond donors (Lipinski definition) is 1. The Morgan fingerprint density at radius 1 is 1.33 bits per heavy atom. The van der Waals surface area contributed by atoms with E-state index in [1.165, 1.54) is 0 Å². The van der Waals surface area contributed by atoms with Crippen LogP contribution in [-0.2, 0) is 13.9 Å². The van der Waals surface area contributed by atoms with Crippen molar-refractivity contribution in [2.45, 2.75) is 25.5 Å². The first-order chi connectivity index (χ1) is 5.74. The molecule has 0 aromatic carbocycles. The van der Waals surface area contributed by atoms with Gasteiger partial charge in [-0.15, -0.1) is 0 Å². The number of hydrogen-bond acceptors (Lipinski definition) is 4. The third-order valence-corrected chi connectivity index (χ3v) is 3.45. The van der Waals surface area contributed by atoms with Crippen LogP contribution < -0.4 is 5.73 Å². The van der Waals surface area contributed by atoms with Gasteiger partial charge in [0.15, 0.2) is 9.04 Å². The van der Waals surface area contributed by atoms with E-state index in [4.69, 9.17) is 19.6 Å². The molecule has 0 rings (SSSR count). The van der Waals surface area contributed by atoms with E-state index in [9.17, 15) is 0 Å². The molecule has 0 aliphatic heterocycles. The smallest absolute Gasteiger partial charge is 0.261 e. The molecule has 0 spiro atoms. The monoisotopic (exact) mass is 193 g/mol. The van der Waals surface area contributed by atoms with Crippen LogP contribution in [0.4, 0.5) is 0 Å². The molecule has 0 aliphatic carbocycles. The van der Waals surface area contributed by atoms with Crippen LogP contribution in [0.25, 0.3) is 0 Å². The second kappa shape index (κ2) is 7.69. The predicted molar refractivity (Wildman–Crippen MR) is 50.4 cm³/mol. The molecule has 2 N–H and O–H groups in total. The third kappa shape index (κ3) is 5.67. The van der Waals surface area contributed by atoms with Crippen molar-refractivity contribution >= 4 is 9.04 Å². The van der Waals surface area contributed by atoms with Crippen LogP contribution in [0.5, 0.6) is 0 Å². The highest BCUT2D eigenvalue weighted by Gasteiger charge is 2.11. The van der Waals surface area contributed by atoms with Crippen LogP contribution in [0.3, 0.4) is 0 Å². The molecule has 0 heterocycles. The lowest BCUT2D eigenvalue weighted by atomic mass is 10.5. The van der Waals surface area contributed by atoms with Gasteiger partial charge in [-0.3, -0.25) is 0 Å². The zero-order valence-corrected chi connectivity index (χ0v) is 9.23. The first-order valence-electron chi connectivity index (χ1n) is 4.15. The van der Waals surface area contributed by atoms with Gasteiger partial charge in [0.25, 0.3) is 6.48 Å². The summed E-state index contributed by atoms with van der Waals surface area (Å²) in [5.74, 6) is 0. The summed E-state index contributed by atoms with van der Waals surface area (Å²) >= 11 is 0. The molecule has 0 saturated heterocycles. The van der Waals surface area contributed by atoms with Crippen molar-refractivity contribution in [1.82, 2.24) is 0 Å². The van der Waals surface area contributed by atoms with Crippen molar-refractivity contribution in [3.8, 4) is 0 Å². The number of nitrogens with two attached hydrogens (primary N) is 1. The maximum atomic E-state index is 5.49. The Morgan fingerprint density at radius 2 is 1.92 bits per heavy atom. The van der Waals surface area contributed by atoms with Gasteiger partial charge < -0.3 is 19.6 Å². The molecule has 0 aromatic rings. The Balaban J connectivity index is 3.44. The zero-order chi connectivity index (χ0) is 9.40. The van der Waals surface area contributed by atoms with Crippen LogP contribution in [-0.4, -0.2) is 36.3 Å². The molecule has 1 atom stereocenters. The minimum absolute atomic E-state index is 0.496. The summed E-state index contributed by atoms with van der Waals surface area (Å²) in [5.41, 5.74) is 5.38. The highest BCUT2D eigenvalue weighted by atomic mass is 28.3. The van der Waals surface area contributed by atoms with Crippen LogP contribution >= 0.6 is 0 Å². The Kier molecular flexibility index (Phi) is 7.73. The van der Waals surface area contributed by atoms with Crippen molar-refractivity contribution in [2.24, 2.45) is 5.73 Å². The van der Waals surface area contributed by atoms with Crippen LogP contribution in [0.15, 0.2) is 0 Å². The molecule has 12 heavy (non-hydrogen) atoms. The molecule has 74 valence electrons. The van der Waals surface area contributed by atoms with E-state index in [2.05, 4.69) is 6.55 Å². The maximum Gasteiger partial charge on any atom is 0.261 e. The Morgan fingerprint density at radius 3 is 2.33 bits per heavy atom. The van der Waals surface area contributed by atoms with Crippen molar-refractivity contribution in [2.75, 3.05) is 20.8 Å². The average molecular weight is 193 g/mol. The van der Waals surface area contributed by atoms with Gasteiger partial charge in [-0.2, -0.15) is 0 Å². The lowest BCUT2D eigenvalue weighted by Crippen LogP contribution is -2.26. The Hall–Kier alpha value is 0.0569. The lowest BCUT2D eigenvalue weighted by molar-refractivity contribution is -0.222. The highest BCUT2D eigenvalue weighted by Crippen LogP contribution is 2.03. The molecular weight excluding hydrogens is 174 g/mol. The molecule has 0 aliphatic rings. The average Bonchev–Trinajstić information content (AvgIpc) is 2.10. The summed E-state index contributed by atoms with van der Waals surface area (Å²) in [4.78, 5) is 0. The van der Waals surface area contributed by atoms with E-state index in [1.807, 2.05) is 0 Å². The molecule has 0 bridgehead atoms. The summed E-state index contributed by atoms with van der Waals surface area (Å²) in [6.45, 7) is 2.34. The van der Waals surface area contributed by atoms with Gasteiger partial charge in [-0.05, 0) is 25.6 Å². The zero-order valence-electron chi connectivity index (χ0n) is 8.08. The molecule has 0 aromatic heterocycles. The molecular formula is C7H19NO3Si. The molecule has 0 fully saturated rings. The quantitative estimate of drug-likeness (QED) is 0.466. The standard InChI is InChI=1S/C7H19NO3Si/c1-9-7(10-2)11-12(3)6-4-5-8/h7,12H,4-6,8H2,1-3H3. The van der Waals surface area contributed by atoms with Crippen molar-refractivity contribution in [3.05, 3.63) is 0 Å². The van der Waals surface area contributed by atoms with Gasteiger partial charge in [0, 0.05) is 14.2 Å². The van der Waals surface area contributed by atoms with Crippen LogP contribution in [0.2, 0.25) is 12.6 Å². The third-order valence-electron chi connectivity index (χ3n) is 1.54. The summed E-state index contributed by atoms with van der Waals surface area (Å²) in [6.07, 6.45) is 1.02. The predicted octanol–water partition coefficient (Wildman–Crippen LogP) is 0.282. The van der Waals surface area contributed by atoms with E-state index in [0.717, 1.165) is 19.0 Å². The molecule has 0 amide bonds. The maximum absolute atomic E-state index is 5.49. The fraction of sp³-hybridized carbons (Fsp3) is 1.00. The van der Waals surface area contributed by atoms with Crippen molar-refractivity contribution in [3.63, 3.8) is 0 Å². The van der Waals surface area contributed by atoms with Gasteiger partial charge >= 0.3 is 0 Å². The summed E-state index contributed by atoms with van der Waals surface area (Å²) in [6, 6.07) is 1.07. The summed E-state index contributed by atoms with van der Waals surface area (Å²) in [5, 5.41) is 0. The minimum atomic E-state index is -1.14. The van der Waals surface area contributed by atoms with Gasteiger partial charge in [0.05, 0.1) is 0 Å². The first kappa shape index (κ1) is 12.1. The normalized spacial score (nSPS) is 13.8. The second-order valence-corrected chi connectivity index (χ2v) is 5.11. The first-order valence-corrected chi connectivity index (χ1v) is 6.60. The summed E-state index contributed by atoms with van der Waals surface area (Å²) in [7, 11) is 1.99. The van der Waals surface area contributed by atoms with E-state index < -0.39 is 15.5 Å². The van der Waals surface area contributed by atoms with Crippen LogP contribution in [0, 0.1) is 0 Å². The van der Waals surface area contributed by atoms with E-state index in [0.29, 0.717) is 0 Å². The van der Waals surface area contributed by atoms with Gasteiger partial charge in [0.2, 0.25) is 0 Å². The van der Waals surface area contributed by atoms with E-state index in [1.54, 1.807) is 14.2 Å². The molecule has 1 unspecified atom stereocenters. The lowest BCUT2D eigenvalue weighted by Gasteiger charge is -2.18. The van der Waals surface area contributed by atoms with Crippen molar-refractivity contribution in [1.29, 1.82) is 0 Å². The number of rotatable bonds is 7. The molecule has 0 saturated carbocycles. The molecule has 0 radical (unpaired) electrons. The highest BCUT2D eigenvalue weighted by molar-refractivity contribution is 6.50. The van der Waals surface area contributed by atoms with Crippen molar-refractivity contribution < 1.29 is 13.9 Å².